The van der Waals surface area contributed by atoms with Crippen molar-refractivity contribution in [3.63, 3.8) is 0 Å². The van der Waals surface area contributed by atoms with Gasteiger partial charge in [-0.1, -0.05) is 25.0 Å². The van der Waals surface area contributed by atoms with Crippen LogP contribution in [0.3, 0.4) is 0 Å². The number of allylic oxidation sites excluding steroid dienone is 2. The zero-order chi connectivity index (χ0) is 11.3. The molecule has 0 atom stereocenters. The van der Waals surface area contributed by atoms with E-state index < -0.39 is 0 Å². The monoisotopic (exact) mass is 208 g/mol. The number of hydrogen-bond donors (Lipinski definition) is 1. The summed E-state index contributed by atoms with van der Waals surface area (Å²) < 4.78 is 0. The molecular formula is C13H24N2. The predicted molar refractivity (Wildman–Crippen MR) is 66.9 cm³/mol. The second-order valence-electron chi connectivity index (χ2n) is 4.51. The molecule has 1 N–H and O–H groups in total. The minimum Gasteiger partial charge on any atom is -0.373 e. The predicted octanol–water partition coefficient (Wildman–Crippen LogP) is 2.54. The second kappa shape index (κ2) is 5.96. The highest BCUT2D eigenvalue weighted by Crippen LogP contribution is 2.18. The van der Waals surface area contributed by atoms with Gasteiger partial charge in [-0.15, -0.1) is 0 Å². The normalized spacial score (nSPS) is 17.1. The highest BCUT2D eigenvalue weighted by molar-refractivity contribution is 5.31. The lowest BCUT2D eigenvalue weighted by Crippen LogP contribution is -2.31. The molecule has 1 aliphatic rings. The Balaban J connectivity index is 2.48. The highest BCUT2D eigenvalue weighted by Gasteiger charge is 2.12. The fourth-order valence-electron chi connectivity index (χ4n) is 2.05. The van der Waals surface area contributed by atoms with Crippen LogP contribution in [-0.4, -0.2) is 31.6 Å². The van der Waals surface area contributed by atoms with E-state index in [9.17, 15) is 0 Å². The molecule has 0 saturated heterocycles. The SMILES string of the molecule is CCCCNCC1=C(C)C=C(C)CN1C. The van der Waals surface area contributed by atoms with E-state index in [2.05, 4.69) is 44.1 Å². The van der Waals surface area contributed by atoms with Crippen LogP contribution in [0.1, 0.15) is 33.6 Å². The van der Waals surface area contributed by atoms with E-state index in [1.54, 1.807) is 0 Å². The molecule has 0 radical (unpaired) electrons. The Morgan fingerprint density at radius 2 is 2.13 bits per heavy atom. The Morgan fingerprint density at radius 1 is 1.40 bits per heavy atom. The molecule has 0 aromatic rings. The van der Waals surface area contributed by atoms with Gasteiger partial charge in [-0.3, -0.25) is 0 Å². The molecule has 0 spiro atoms. The van der Waals surface area contributed by atoms with Crippen LogP contribution in [0.25, 0.3) is 0 Å². The van der Waals surface area contributed by atoms with Crippen LogP contribution < -0.4 is 5.32 Å². The quantitative estimate of drug-likeness (QED) is 0.699. The van der Waals surface area contributed by atoms with Crippen LogP contribution in [0, 0.1) is 0 Å². The van der Waals surface area contributed by atoms with E-state index in [0.717, 1.165) is 19.6 Å². The van der Waals surface area contributed by atoms with Gasteiger partial charge in [0.15, 0.2) is 0 Å². The molecule has 1 rings (SSSR count). The number of nitrogens with zero attached hydrogens (tertiary/aromatic N) is 1. The summed E-state index contributed by atoms with van der Waals surface area (Å²) in [5, 5.41) is 3.50. The molecule has 0 aromatic heterocycles. The Labute approximate surface area is 94.0 Å². The Bertz CT molecular complexity index is 264. The average molecular weight is 208 g/mol. The Hall–Kier alpha value is -0.760. The van der Waals surface area contributed by atoms with Gasteiger partial charge in [0.2, 0.25) is 0 Å². The molecule has 0 unspecified atom stereocenters. The van der Waals surface area contributed by atoms with Crippen molar-refractivity contribution in [2.24, 2.45) is 0 Å². The summed E-state index contributed by atoms with van der Waals surface area (Å²) in [5.74, 6) is 0. The van der Waals surface area contributed by atoms with Crippen molar-refractivity contribution in [3.05, 3.63) is 22.9 Å². The summed E-state index contributed by atoms with van der Waals surface area (Å²) in [6, 6.07) is 0. The molecule has 1 aliphatic heterocycles. The molecule has 15 heavy (non-hydrogen) atoms. The molecule has 0 aliphatic carbocycles. The summed E-state index contributed by atoms with van der Waals surface area (Å²) in [5.41, 5.74) is 4.30. The molecule has 0 bridgehead atoms. The van der Waals surface area contributed by atoms with Crippen LogP contribution in [0.4, 0.5) is 0 Å². The molecule has 0 amide bonds. The van der Waals surface area contributed by atoms with E-state index in [4.69, 9.17) is 0 Å². The van der Waals surface area contributed by atoms with Crippen molar-refractivity contribution < 1.29 is 0 Å². The number of unbranched alkanes of at least 4 members (excludes halogenated alkanes) is 1. The first-order valence-electron chi connectivity index (χ1n) is 5.94. The van der Waals surface area contributed by atoms with E-state index in [1.165, 1.54) is 29.7 Å². The average Bonchev–Trinajstić information content (AvgIpc) is 2.15. The van der Waals surface area contributed by atoms with E-state index in [0.29, 0.717) is 0 Å². The van der Waals surface area contributed by atoms with Crippen molar-refractivity contribution >= 4 is 0 Å². The summed E-state index contributed by atoms with van der Waals surface area (Å²) in [6.07, 6.45) is 4.83. The van der Waals surface area contributed by atoms with Crippen molar-refractivity contribution in [3.8, 4) is 0 Å². The number of nitrogens with one attached hydrogen (secondary N) is 1. The molecule has 86 valence electrons. The van der Waals surface area contributed by atoms with Gasteiger partial charge in [-0.25, -0.2) is 0 Å². The molecule has 0 saturated carbocycles. The van der Waals surface area contributed by atoms with Crippen molar-refractivity contribution in [1.82, 2.24) is 10.2 Å². The zero-order valence-corrected chi connectivity index (χ0v) is 10.6. The Kier molecular flexibility index (Phi) is 4.89. The molecular weight excluding hydrogens is 184 g/mol. The van der Waals surface area contributed by atoms with Crippen LogP contribution in [0.5, 0.6) is 0 Å². The first-order valence-corrected chi connectivity index (χ1v) is 5.94. The third kappa shape index (κ3) is 3.71. The molecule has 2 nitrogen and oxygen atoms in total. The minimum atomic E-state index is 1.01. The maximum absolute atomic E-state index is 3.50. The van der Waals surface area contributed by atoms with Gasteiger partial charge in [0.1, 0.15) is 0 Å². The lowest BCUT2D eigenvalue weighted by Gasteiger charge is -2.29. The third-order valence-electron chi connectivity index (χ3n) is 2.86. The van der Waals surface area contributed by atoms with Crippen LogP contribution in [0.15, 0.2) is 22.9 Å². The van der Waals surface area contributed by atoms with E-state index >= 15 is 0 Å². The van der Waals surface area contributed by atoms with Crippen LogP contribution in [-0.2, 0) is 0 Å². The topological polar surface area (TPSA) is 15.3 Å². The fourth-order valence-corrected chi connectivity index (χ4v) is 2.05. The number of hydrogen-bond acceptors (Lipinski definition) is 2. The highest BCUT2D eigenvalue weighted by atomic mass is 15.1. The van der Waals surface area contributed by atoms with Gasteiger partial charge in [0, 0.05) is 25.8 Å². The molecule has 0 fully saturated rings. The smallest absolute Gasteiger partial charge is 0.0383 e. The maximum Gasteiger partial charge on any atom is 0.0383 e. The third-order valence-corrected chi connectivity index (χ3v) is 2.86. The largest absolute Gasteiger partial charge is 0.373 e. The second-order valence-corrected chi connectivity index (χ2v) is 4.51. The van der Waals surface area contributed by atoms with Gasteiger partial charge in [0.05, 0.1) is 0 Å². The minimum absolute atomic E-state index is 1.01. The summed E-state index contributed by atoms with van der Waals surface area (Å²) in [7, 11) is 2.18. The van der Waals surface area contributed by atoms with Crippen molar-refractivity contribution in [2.45, 2.75) is 33.6 Å². The Morgan fingerprint density at radius 3 is 2.73 bits per heavy atom. The van der Waals surface area contributed by atoms with E-state index in [-0.39, 0.29) is 0 Å². The van der Waals surface area contributed by atoms with Crippen LogP contribution >= 0.6 is 0 Å². The number of rotatable bonds is 5. The lowest BCUT2D eigenvalue weighted by molar-refractivity contribution is 0.420. The van der Waals surface area contributed by atoms with Gasteiger partial charge < -0.3 is 10.2 Å². The summed E-state index contributed by atoms with van der Waals surface area (Å²) in [4.78, 5) is 2.35. The standard InChI is InChI=1S/C13H24N2/c1-5-6-7-14-9-13-12(3)8-11(2)10-15(13)4/h8,14H,5-7,9-10H2,1-4H3. The van der Waals surface area contributed by atoms with Gasteiger partial charge >= 0.3 is 0 Å². The summed E-state index contributed by atoms with van der Waals surface area (Å²) in [6.45, 7) is 9.83. The first-order chi connectivity index (χ1) is 7.15. The summed E-state index contributed by atoms with van der Waals surface area (Å²) >= 11 is 0. The van der Waals surface area contributed by atoms with Gasteiger partial charge in [-0.2, -0.15) is 0 Å². The number of likely N-dealkylation sites (N-methyl/N-ethyl adjacent to an activating group) is 1. The fraction of sp³-hybridized carbons (Fsp3) is 0.692. The lowest BCUT2D eigenvalue weighted by atomic mass is 10.1. The first kappa shape index (κ1) is 12.3. The van der Waals surface area contributed by atoms with Crippen molar-refractivity contribution in [2.75, 3.05) is 26.7 Å². The maximum atomic E-state index is 3.50. The van der Waals surface area contributed by atoms with Gasteiger partial charge in [0.25, 0.3) is 0 Å². The molecule has 0 aromatic carbocycles. The van der Waals surface area contributed by atoms with Crippen LogP contribution in [0.2, 0.25) is 0 Å². The molecule has 1 heterocycles. The molecule has 2 heteroatoms. The van der Waals surface area contributed by atoms with Gasteiger partial charge in [-0.05, 0) is 32.4 Å². The zero-order valence-electron chi connectivity index (χ0n) is 10.6. The van der Waals surface area contributed by atoms with E-state index in [1.807, 2.05) is 0 Å². The van der Waals surface area contributed by atoms with Crippen molar-refractivity contribution in [1.29, 1.82) is 0 Å².